The fraction of sp³-hybridized carbons (Fsp3) is 0.571. The van der Waals surface area contributed by atoms with Crippen LogP contribution in [-0.4, -0.2) is 27.9 Å². The second kappa shape index (κ2) is 9.40. The fourth-order valence-electron chi connectivity index (χ4n) is 2.60. The number of benzene rings is 1. The first-order valence-corrected chi connectivity index (χ1v) is 10.5. The van der Waals surface area contributed by atoms with Gasteiger partial charge in [-0.2, -0.15) is 0 Å². The van der Waals surface area contributed by atoms with Crippen LogP contribution >= 0.6 is 11.8 Å². The van der Waals surface area contributed by atoms with Crippen molar-refractivity contribution in [1.82, 2.24) is 15.5 Å². The number of thioether (sulfide) groups is 1. The van der Waals surface area contributed by atoms with E-state index in [9.17, 15) is 4.79 Å². The molecule has 0 radical (unpaired) electrons. The Morgan fingerprint density at radius 3 is 2.37 bits per heavy atom. The van der Waals surface area contributed by atoms with Crippen LogP contribution in [0.2, 0.25) is 0 Å². The number of hydrogen-bond donors (Lipinski definition) is 1. The van der Waals surface area contributed by atoms with Crippen LogP contribution in [0.25, 0.3) is 11.5 Å². The van der Waals surface area contributed by atoms with E-state index in [1.54, 1.807) is 0 Å². The molecule has 1 atom stereocenters. The standard InChI is InChI=1S/C21H31N3O2S/c1-14(2)7-8-15(3)22-18(25)13-27-20-24-23-19(26-20)16-9-11-17(12-10-16)21(4,5)6/h9-12,14-15H,7-8,13H2,1-6H3,(H,22,25)/t15-/m0/s1. The van der Waals surface area contributed by atoms with Gasteiger partial charge in [-0.15, -0.1) is 10.2 Å². The molecule has 2 aromatic rings. The summed E-state index contributed by atoms with van der Waals surface area (Å²) in [6, 6.07) is 8.33. The van der Waals surface area contributed by atoms with Gasteiger partial charge in [-0.3, -0.25) is 4.79 Å². The maximum atomic E-state index is 12.1. The van der Waals surface area contributed by atoms with Gasteiger partial charge >= 0.3 is 0 Å². The molecule has 6 heteroatoms. The van der Waals surface area contributed by atoms with Crippen molar-refractivity contribution in [2.24, 2.45) is 5.92 Å². The lowest BCUT2D eigenvalue weighted by molar-refractivity contribution is -0.119. The van der Waals surface area contributed by atoms with E-state index in [0.29, 0.717) is 17.0 Å². The summed E-state index contributed by atoms with van der Waals surface area (Å²) < 4.78 is 5.69. The Hall–Kier alpha value is -1.82. The molecule has 0 unspecified atom stereocenters. The smallest absolute Gasteiger partial charge is 0.277 e. The summed E-state index contributed by atoms with van der Waals surface area (Å²) in [6.45, 7) is 13.0. The Morgan fingerprint density at radius 1 is 1.11 bits per heavy atom. The quantitative estimate of drug-likeness (QED) is 0.639. The topological polar surface area (TPSA) is 68.0 Å². The zero-order valence-electron chi connectivity index (χ0n) is 17.2. The SMILES string of the molecule is CC(C)CC[C@H](C)NC(=O)CSc1nnc(-c2ccc(C(C)(C)C)cc2)o1. The monoisotopic (exact) mass is 389 g/mol. The zero-order valence-corrected chi connectivity index (χ0v) is 18.0. The third-order valence-electron chi connectivity index (χ3n) is 4.32. The second-order valence-corrected chi connectivity index (χ2v) is 9.36. The maximum Gasteiger partial charge on any atom is 0.277 e. The van der Waals surface area contributed by atoms with Crippen LogP contribution in [0.5, 0.6) is 0 Å². The molecule has 0 saturated carbocycles. The summed E-state index contributed by atoms with van der Waals surface area (Å²) in [5.74, 6) is 1.39. The Bertz CT molecular complexity index is 733. The van der Waals surface area contributed by atoms with Crippen molar-refractivity contribution >= 4 is 17.7 Å². The highest BCUT2D eigenvalue weighted by Gasteiger charge is 2.16. The van der Waals surface area contributed by atoms with Crippen LogP contribution in [0, 0.1) is 5.92 Å². The lowest BCUT2D eigenvalue weighted by Crippen LogP contribution is -2.34. The van der Waals surface area contributed by atoms with Crippen LogP contribution in [0.1, 0.15) is 59.9 Å². The van der Waals surface area contributed by atoms with E-state index in [0.717, 1.165) is 18.4 Å². The Labute approximate surface area is 166 Å². The Morgan fingerprint density at radius 2 is 1.78 bits per heavy atom. The van der Waals surface area contributed by atoms with Gasteiger partial charge in [0.25, 0.3) is 5.22 Å². The molecular weight excluding hydrogens is 358 g/mol. The molecule has 148 valence electrons. The third-order valence-corrected chi connectivity index (χ3v) is 5.13. The predicted octanol–water partition coefficient (Wildman–Crippen LogP) is 5.07. The first kappa shape index (κ1) is 21.5. The van der Waals surface area contributed by atoms with Crippen molar-refractivity contribution in [3.8, 4) is 11.5 Å². The molecule has 0 aliphatic carbocycles. The second-order valence-electron chi connectivity index (χ2n) is 8.43. The molecule has 1 aromatic heterocycles. The predicted molar refractivity (Wildman–Crippen MR) is 111 cm³/mol. The van der Waals surface area contributed by atoms with Crippen LogP contribution in [0.4, 0.5) is 0 Å². The van der Waals surface area contributed by atoms with E-state index in [-0.39, 0.29) is 23.1 Å². The first-order valence-electron chi connectivity index (χ1n) is 9.51. The number of carbonyl (C=O) groups excluding carboxylic acids is 1. The van der Waals surface area contributed by atoms with Crippen LogP contribution in [0.3, 0.4) is 0 Å². The molecule has 1 amide bonds. The van der Waals surface area contributed by atoms with Gasteiger partial charge in [-0.25, -0.2) is 0 Å². The van der Waals surface area contributed by atoms with Crippen molar-refractivity contribution in [3.63, 3.8) is 0 Å². The summed E-state index contributed by atoms with van der Waals surface area (Å²) in [5.41, 5.74) is 2.24. The first-order chi connectivity index (χ1) is 12.6. The van der Waals surface area contributed by atoms with Gasteiger partial charge in [0.15, 0.2) is 0 Å². The molecule has 2 rings (SSSR count). The van der Waals surface area contributed by atoms with E-state index < -0.39 is 0 Å². The van der Waals surface area contributed by atoms with Crippen molar-refractivity contribution in [2.45, 2.75) is 71.1 Å². The van der Waals surface area contributed by atoms with Crippen LogP contribution < -0.4 is 5.32 Å². The number of nitrogens with zero attached hydrogens (tertiary/aromatic N) is 2. The van der Waals surface area contributed by atoms with Gasteiger partial charge in [-0.05, 0) is 48.8 Å². The Kier molecular flexibility index (Phi) is 7.48. The van der Waals surface area contributed by atoms with Crippen molar-refractivity contribution in [3.05, 3.63) is 29.8 Å². The van der Waals surface area contributed by atoms with Gasteiger partial charge in [0.05, 0.1) is 5.75 Å². The molecule has 1 N–H and O–H groups in total. The minimum Gasteiger partial charge on any atom is -0.411 e. The Balaban J connectivity index is 1.86. The third kappa shape index (κ3) is 7.01. The molecular formula is C21H31N3O2S. The largest absolute Gasteiger partial charge is 0.411 e. The van der Waals surface area contributed by atoms with E-state index in [4.69, 9.17) is 4.42 Å². The minimum absolute atomic E-state index is 0.00876. The van der Waals surface area contributed by atoms with Gasteiger partial charge in [0.1, 0.15) is 0 Å². The highest BCUT2D eigenvalue weighted by Crippen LogP contribution is 2.27. The van der Waals surface area contributed by atoms with Gasteiger partial charge in [0.2, 0.25) is 11.8 Å². The van der Waals surface area contributed by atoms with Crippen molar-refractivity contribution in [2.75, 3.05) is 5.75 Å². The van der Waals surface area contributed by atoms with Crippen molar-refractivity contribution < 1.29 is 9.21 Å². The maximum absolute atomic E-state index is 12.1. The van der Waals surface area contributed by atoms with E-state index in [1.807, 2.05) is 19.1 Å². The molecule has 0 bridgehead atoms. The summed E-state index contributed by atoms with van der Waals surface area (Å²) in [7, 11) is 0. The number of hydrogen-bond acceptors (Lipinski definition) is 5. The molecule has 0 saturated heterocycles. The lowest BCUT2D eigenvalue weighted by Gasteiger charge is -2.18. The van der Waals surface area contributed by atoms with Crippen LogP contribution in [-0.2, 0) is 10.2 Å². The summed E-state index contributed by atoms with van der Waals surface area (Å²) in [5, 5.41) is 11.6. The number of nitrogens with one attached hydrogen (secondary N) is 1. The molecule has 0 spiro atoms. The lowest BCUT2D eigenvalue weighted by atomic mass is 9.87. The van der Waals surface area contributed by atoms with Crippen molar-refractivity contribution in [1.29, 1.82) is 0 Å². The summed E-state index contributed by atoms with van der Waals surface area (Å²) >= 11 is 1.27. The number of carbonyl (C=O) groups is 1. The highest BCUT2D eigenvalue weighted by molar-refractivity contribution is 7.99. The van der Waals surface area contributed by atoms with Gasteiger partial charge in [0, 0.05) is 11.6 Å². The average molecular weight is 390 g/mol. The van der Waals surface area contributed by atoms with E-state index >= 15 is 0 Å². The summed E-state index contributed by atoms with van der Waals surface area (Å²) in [4.78, 5) is 12.1. The fourth-order valence-corrected chi connectivity index (χ4v) is 3.17. The van der Waals surface area contributed by atoms with Crippen LogP contribution in [0.15, 0.2) is 33.9 Å². The highest BCUT2D eigenvalue weighted by atomic mass is 32.2. The molecule has 0 aliphatic heterocycles. The molecule has 1 heterocycles. The molecule has 0 aliphatic rings. The molecule has 5 nitrogen and oxygen atoms in total. The average Bonchev–Trinajstić information content (AvgIpc) is 3.06. The number of aromatic nitrogens is 2. The minimum atomic E-state index is -0.00876. The van der Waals surface area contributed by atoms with E-state index in [1.165, 1.54) is 17.3 Å². The number of rotatable bonds is 8. The molecule has 27 heavy (non-hydrogen) atoms. The van der Waals surface area contributed by atoms with E-state index in [2.05, 4.69) is 62.3 Å². The molecule has 1 aromatic carbocycles. The van der Waals surface area contributed by atoms with Gasteiger partial charge in [-0.1, -0.05) is 58.5 Å². The number of amides is 1. The normalized spacial score (nSPS) is 13.0. The molecule has 0 fully saturated rings. The summed E-state index contributed by atoms with van der Waals surface area (Å²) in [6.07, 6.45) is 2.10. The van der Waals surface area contributed by atoms with Gasteiger partial charge < -0.3 is 9.73 Å². The zero-order chi connectivity index (χ0) is 20.0.